The molecule has 1 aliphatic heterocycles. The van der Waals surface area contributed by atoms with Gasteiger partial charge in [-0.3, -0.25) is 4.79 Å². The van der Waals surface area contributed by atoms with Crippen molar-refractivity contribution in [1.29, 1.82) is 0 Å². The van der Waals surface area contributed by atoms with Gasteiger partial charge >= 0.3 is 5.97 Å². The van der Waals surface area contributed by atoms with Crippen LogP contribution in [0.3, 0.4) is 0 Å². The van der Waals surface area contributed by atoms with E-state index in [9.17, 15) is 9.18 Å². The number of fused-ring (bicyclic) bond motifs is 1. The number of benzene rings is 1. The second kappa shape index (κ2) is 3.91. The predicted octanol–water partition coefficient (Wildman–Crippen LogP) is 2.21. The van der Waals surface area contributed by atoms with E-state index in [0.717, 1.165) is 0 Å². The Morgan fingerprint density at radius 1 is 1.47 bits per heavy atom. The summed E-state index contributed by atoms with van der Waals surface area (Å²) in [5.41, 5.74) is -0.797. The van der Waals surface area contributed by atoms with Gasteiger partial charge in [-0.2, -0.15) is 0 Å². The van der Waals surface area contributed by atoms with Crippen molar-refractivity contribution < 1.29 is 23.8 Å². The molecule has 1 aromatic rings. The van der Waals surface area contributed by atoms with Gasteiger partial charge in [0.05, 0.1) is 5.41 Å². The summed E-state index contributed by atoms with van der Waals surface area (Å²) in [5.74, 6) is -0.668. The molecule has 92 valence electrons. The monoisotopic (exact) mass is 240 g/mol. The van der Waals surface area contributed by atoms with Crippen molar-refractivity contribution in [1.82, 2.24) is 0 Å². The van der Waals surface area contributed by atoms with E-state index in [2.05, 4.69) is 0 Å². The van der Waals surface area contributed by atoms with Crippen LogP contribution in [0.2, 0.25) is 0 Å². The molecule has 0 fully saturated rings. The molecule has 17 heavy (non-hydrogen) atoms. The summed E-state index contributed by atoms with van der Waals surface area (Å²) in [6, 6.07) is 2.75. The molecule has 0 saturated carbocycles. The average Bonchev–Trinajstić information content (AvgIpc) is 2.70. The SMILES string of the molecule is CC(C)(Cc1c(F)ccc2c1OCO2)C(=O)O. The van der Waals surface area contributed by atoms with Gasteiger partial charge in [0, 0.05) is 5.56 Å². The van der Waals surface area contributed by atoms with Gasteiger partial charge in [0.2, 0.25) is 6.79 Å². The molecule has 1 N–H and O–H groups in total. The molecule has 0 aliphatic carbocycles. The molecule has 0 radical (unpaired) electrons. The molecule has 1 aliphatic rings. The molecule has 0 saturated heterocycles. The average molecular weight is 240 g/mol. The highest BCUT2D eigenvalue weighted by molar-refractivity contribution is 5.74. The van der Waals surface area contributed by atoms with Crippen LogP contribution in [0, 0.1) is 11.2 Å². The van der Waals surface area contributed by atoms with Crippen LogP contribution in [0.25, 0.3) is 0 Å². The van der Waals surface area contributed by atoms with E-state index in [1.54, 1.807) is 13.8 Å². The quantitative estimate of drug-likeness (QED) is 0.880. The first kappa shape index (κ1) is 11.7. The third-order valence-corrected chi connectivity index (χ3v) is 2.78. The minimum atomic E-state index is -1.05. The maximum Gasteiger partial charge on any atom is 0.309 e. The number of carboxylic acid groups (broad SMARTS) is 1. The van der Waals surface area contributed by atoms with Crippen LogP contribution in [-0.2, 0) is 11.2 Å². The Bertz CT molecular complexity index is 468. The minimum Gasteiger partial charge on any atom is -0.481 e. The summed E-state index contributed by atoms with van der Waals surface area (Å²) in [6.07, 6.45) is 0.0563. The van der Waals surface area contributed by atoms with Crippen LogP contribution in [0.4, 0.5) is 4.39 Å². The van der Waals surface area contributed by atoms with Crippen molar-refractivity contribution in [2.45, 2.75) is 20.3 Å². The molecule has 5 heteroatoms. The first-order valence-corrected chi connectivity index (χ1v) is 5.22. The number of rotatable bonds is 3. The standard InChI is InChI=1S/C12H13FO4/c1-12(2,11(14)15)5-7-8(13)3-4-9-10(7)17-6-16-9/h3-4H,5-6H2,1-2H3,(H,14,15). The topological polar surface area (TPSA) is 55.8 Å². The Hall–Kier alpha value is -1.78. The Labute approximate surface area is 98.0 Å². The molecule has 0 amide bonds. The summed E-state index contributed by atoms with van der Waals surface area (Å²) < 4.78 is 24.0. The van der Waals surface area contributed by atoms with Crippen LogP contribution < -0.4 is 9.47 Å². The fraction of sp³-hybridized carbons (Fsp3) is 0.417. The number of hydrogen-bond donors (Lipinski definition) is 1. The molecule has 2 rings (SSSR count). The number of carboxylic acids is 1. The Kier molecular flexibility index (Phi) is 2.69. The normalized spacial score (nSPS) is 13.8. The Morgan fingerprint density at radius 2 is 2.18 bits per heavy atom. The van der Waals surface area contributed by atoms with Crippen molar-refractivity contribution in [3.05, 3.63) is 23.5 Å². The van der Waals surface area contributed by atoms with Gasteiger partial charge in [-0.05, 0) is 32.4 Å². The van der Waals surface area contributed by atoms with Gasteiger partial charge in [0.15, 0.2) is 11.5 Å². The van der Waals surface area contributed by atoms with E-state index in [0.29, 0.717) is 11.5 Å². The van der Waals surface area contributed by atoms with Crippen molar-refractivity contribution >= 4 is 5.97 Å². The van der Waals surface area contributed by atoms with E-state index < -0.39 is 17.2 Å². The highest BCUT2D eigenvalue weighted by Gasteiger charge is 2.32. The first-order chi connectivity index (χ1) is 7.92. The van der Waals surface area contributed by atoms with Crippen LogP contribution >= 0.6 is 0 Å². The van der Waals surface area contributed by atoms with Crippen molar-refractivity contribution in [2.24, 2.45) is 5.41 Å². The van der Waals surface area contributed by atoms with E-state index in [4.69, 9.17) is 14.6 Å². The summed E-state index contributed by atoms with van der Waals surface area (Å²) >= 11 is 0. The zero-order chi connectivity index (χ0) is 12.6. The number of aliphatic carboxylic acids is 1. The molecule has 0 aromatic heterocycles. The summed E-state index contributed by atoms with van der Waals surface area (Å²) in [6.45, 7) is 3.13. The van der Waals surface area contributed by atoms with Gasteiger partial charge in [-0.15, -0.1) is 0 Å². The van der Waals surface area contributed by atoms with Crippen LogP contribution in [0.15, 0.2) is 12.1 Å². The van der Waals surface area contributed by atoms with Crippen LogP contribution in [-0.4, -0.2) is 17.9 Å². The smallest absolute Gasteiger partial charge is 0.309 e. The van der Waals surface area contributed by atoms with Gasteiger partial charge in [0.25, 0.3) is 0 Å². The van der Waals surface area contributed by atoms with Gasteiger partial charge in [-0.25, -0.2) is 4.39 Å². The summed E-state index contributed by atoms with van der Waals surface area (Å²) in [4.78, 5) is 11.0. The molecule has 1 aromatic carbocycles. The summed E-state index contributed by atoms with van der Waals surface area (Å²) in [5, 5.41) is 9.05. The van der Waals surface area contributed by atoms with Gasteiger partial charge < -0.3 is 14.6 Å². The molecule has 0 unspecified atom stereocenters. The Morgan fingerprint density at radius 3 is 2.82 bits per heavy atom. The lowest BCUT2D eigenvalue weighted by molar-refractivity contribution is -0.146. The number of carbonyl (C=O) groups is 1. The first-order valence-electron chi connectivity index (χ1n) is 5.22. The van der Waals surface area contributed by atoms with Gasteiger partial charge in [-0.1, -0.05) is 0 Å². The van der Waals surface area contributed by atoms with Crippen LogP contribution in [0.5, 0.6) is 11.5 Å². The number of halogens is 1. The lowest BCUT2D eigenvalue weighted by Gasteiger charge is -2.20. The highest BCUT2D eigenvalue weighted by Crippen LogP contribution is 2.39. The molecule has 0 spiro atoms. The maximum atomic E-state index is 13.7. The largest absolute Gasteiger partial charge is 0.481 e. The zero-order valence-corrected chi connectivity index (χ0v) is 9.62. The van der Waals surface area contributed by atoms with E-state index >= 15 is 0 Å². The second-order valence-electron chi connectivity index (χ2n) is 4.63. The van der Waals surface area contributed by atoms with E-state index in [-0.39, 0.29) is 18.8 Å². The minimum absolute atomic E-state index is 0.0410. The second-order valence-corrected chi connectivity index (χ2v) is 4.63. The molecule has 4 nitrogen and oxygen atoms in total. The van der Waals surface area contributed by atoms with Crippen molar-refractivity contribution in [2.75, 3.05) is 6.79 Å². The predicted molar refractivity (Wildman–Crippen MR) is 57.6 cm³/mol. The van der Waals surface area contributed by atoms with Gasteiger partial charge in [0.1, 0.15) is 5.82 Å². The van der Waals surface area contributed by atoms with Crippen molar-refractivity contribution in [3.63, 3.8) is 0 Å². The fourth-order valence-corrected chi connectivity index (χ4v) is 1.69. The lowest BCUT2D eigenvalue weighted by Crippen LogP contribution is -2.26. The molecular weight excluding hydrogens is 227 g/mol. The van der Waals surface area contributed by atoms with Crippen molar-refractivity contribution in [3.8, 4) is 11.5 Å². The van der Waals surface area contributed by atoms with E-state index in [1.165, 1.54) is 12.1 Å². The molecule has 0 bridgehead atoms. The van der Waals surface area contributed by atoms with Crippen LogP contribution in [0.1, 0.15) is 19.4 Å². The molecule has 0 atom stereocenters. The maximum absolute atomic E-state index is 13.7. The molecule has 1 heterocycles. The summed E-state index contributed by atoms with van der Waals surface area (Å²) in [7, 11) is 0. The fourth-order valence-electron chi connectivity index (χ4n) is 1.69. The van der Waals surface area contributed by atoms with E-state index in [1.807, 2.05) is 0 Å². The Balaban J connectivity index is 2.39. The third kappa shape index (κ3) is 2.05. The third-order valence-electron chi connectivity index (χ3n) is 2.78. The molecular formula is C12H13FO4. The zero-order valence-electron chi connectivity index (χ0n) is 9.62. The highest BCUT2D eigenvalue weighted by atomic mass is 19.1. The number of hydrogen-bond acceptors (Lipinski definition) is 3. The number of ether oxygens (including phenoxy) is 2. The lowest BCUT2D eigenvalue weighted by atomic mass is 9.85.